The van der Waals surface area contributed by atoms with Crippen molar-refractivity contribution in [2.75, 3.05) is 56.5 Å². The number of nitrogens with one attached hydrogen (secondary N) is 4. The Morgan fingerprint density at radius 2 is 1.12 bits per heavy atom. The fourth-order valence-electron chi connectivity index (χ4n) is 4.83. The Labute approximate surface area is 327 Å². The van der Waals surface area contributed by atoms with Crippen LogP contribution in [-0.2, 0) is 0 Å². The van der Waals surface area contributed by atoms with Gasteiger partial charge in [0.15, 0.2) is 34.8 Å². The van der Waals surface area contributed by atoms with E-state index in [4.69, 9.17) is 0 Å². The highest BCUT2D eigenvalue weighted by molar-refractivity contribution is 9.10. The van der Waals surface area contributed by atoms with Crippen molar-refractivity contribution in [3.63, 3.8) is 0 Å². The van der Waals surface area contributed by atoms with Crippen LogP contribution in [0.4, 0.5) is 34.6 Å². The van der Waals surface area contributed by atoms with Crippen molar-refractivity contribution in [2.45, 2.75) is 26.8 Å². The fraction of sp³-hybridized carbons (Fsp3) is 0.294. The SMILES string of the molecule is CN(C)C(=O)c1c(Br)ccc(Nc2nsnc2N[C@@H](c2ccccc2)C(C)(C)C)c1O.CNc1nsnc1Nc1ccc(Br)c(C(=O)N(C)C)c1O. The first-order chi connectivity index (χ1) is 24.5. The minimum absolute atomic E-state index is 0.0115. The molecule has 0 saturated heterocycles. The third kappa shape index (κ3) is 9.47. The smallest absolute Gasteiger partial charge is 0.258 e. The molecular formula is C34H40Br2N10O4S2. The van der Waals surface area contributed by atoms with Gasteiger partial charge in [-0.05, 0) is 67.1 Å². The van der Waals surface area contributed by atoms with E-state index >= 15 is 0 Å². The fourth-order valence-corrected chi connectivity index (χ4v) is 6.79. The summed E-state index contributed by atoms with van der Waals surface area (Å²) in [5, 5.41) is 33.6. The first-order valence-electron chi connectivity index (χ1n) is 15.7. The molecule has 5 aromatic rings. The standard InChI is InChI=1S/C22H26BrN5O2S.C12H14BrN5O2S/c1-22(2,3)18(13-9-7-6-8-10-13)25-20-19(26-31-27-20)24-15-12-11-14(23)16(17(15)29)21(30)28(4)5;1-14-10-11(17-21-16-10)15-7-5-4-6(13)8(9(7)19)12(20)18(2)3/h6-12,18,29H,1-5H3,(H,24,26)(H,25,27);4-5,19H,1-3H3,(H,14,16)(H,15,17)/t18-;/m0./s1. The number of benzene rings is 3. The van der Waals surface area contributed by atoms with Crippen LogP contribution in [0.15, 0.2) is 63.5 Å². The van der Waals surface area contributed by atoms with Crippen molar-refractivity contribution in [3.8, 4) is 11.5 Å². The molecule has 0 saturated carbocycles. The van der Waals surface area contributed by atoms with E-state index < -0.39 is 0 Å². The monoisotopic (exact) mass is 874 g/mol. The van der Waals surface area contributed by atoms with Crippen LogP contribution in [0.3, 0.4) is 0 Å². The average molecular weight is 877 g/mol. The number of carbonyl (C=O) groups is 2. The molecule has 18 heteroatoms. The van der Waals surface area contributed by atoms with Gasteiger partial charge in [0, 0.05) is 44.2 Å². The van der Waals surface area contributed by atoms with Crippen molar-refractivity contribution in [1.82, 2.24) is 27.3 Å². The van der Waals surface area contributed by atoms with Crippen molar-refractivity contribution in [1.29, 1.82) is 0 Å². The Morgan fingerprint density at radius 3 is 1.54 bits per heavy atom. The van der Waals surface area contributed by atoms with E-state index in [0.717, 1.165) is 29.0 Å². The van der Waals surface area contributed by atoms with Crippen LogP contribution >= 0.6 is 55.3 Å². The van der Waals surface area contributed by atoms with E-state index in [2.05, 4.69) is 104 Å². The molecule has 3 aromatic carbocycles. The van der Waals surface area contributed by atoms with Crippen molar-refractivity contribution in [3.05, 3.63) is 80.2 Å². The maximum Gasteiger partial charge on any atom is 0.258 e. The highest BCUT2D eigenvalue weighted by atomic mass is 79.9. The minimum atomic E-state index is -0.306. The van der Waals surface area contributed by atoms with E-state index in [1.54, 1.807) is 59.5 Å². The lowest BCUT2D eigenvalue weighted by Gasteiger charge is -2.32. The summed E-state index contributed by atoms with van der Waals surface area (Å²) in [4.78, 5) is 27.4. The number of hydrogen-bond acceptors (Lipinski definition) is 14. The van der Waals surface area contributed by atoms with Crippen molar-refractivity contribution < 1.29 is 19.8 Å². The summed E-state index contributed by atoms with van der Waals surface area (Å²) in [6.07, 6.45) is 0. The summed E-state index contributed by atoms with van der Waals surface area (Å²) in [6, 6.07) is 16.9. The number of hydrogen-bond donors (Lipinski definition) is 6. The van der Waals surface area contributed by atoms with Gasteiger partial charge in [0.1, 0.15) is 0 Å². The molecule has 0 aliphatic heterocycles. The summed E-state index contributed by atoms with van der Waals surface area (Å²) in [6.45, 7) is 6.47. The number of amides is 2. The third-order valence-corrected chi connectivity index (χ3v) is 9.87. The Morgan fingerprint density at radius 1 is 0.692 bits per heavy atom. The molecule has 0 bridgehead atoms. The summed E-state index contributed by atoms with van der Waals surface area (Å²) >= 11 is 8.74. The molecule has 5 rings (SSSR count). The highest BCUT2D eigenvalue weighted by Crippen LogP contribution is 2.40. The second kappa shape index (κ2) is 17.3. The molecule has 0 aliphatic rings. The Bertz CT molecular complexity index is 2020. The Kier molecular flexibility index (Phi) is 13.4. The van der Waals surface area contributed by atoms with Crippen LogP contribution < -0.4 is 21.3 Å². The third-order valence-electron chi connectivity index (χ3n) is 7.49. The van der Waals surface area contributed by atoms with E-state index in [-0.39, 0.29) is 45.9 Å². The van der Waals surface area contributed by atoms with Gasteiger partial charge >= 0.3 is 0 Å². The van der Waals surface area contributed by atoms with Gasteiger partial charge in [-0.15, -0.1) is 0 Å². The van der Waals surface area contributed by atoms with Gasteiger partial charge in [-0.3, -0.25) is 9.59 Å². The van der Waals surface area contributed by atoms with Gasteiger partial charge in [0.2, 0.25) is 0 Å². The molecule has 2 heterocycles. The lowest BCUT2D eigenvalue weighted by atomic mass is 9.82. The number of nitrogens with zero attached hydrogens (tertiary/aromatic N) is 6. The number of aromatic nitrogens is 4. The molecule has 1 atom stereocenters. The van der Waals surface area contributed by atoms with Gasteiger partial charge in [-0.25, -0.2) is 0 Å². The van der Waals surface area contributed by atoms with Gasteiger partial charge in [0.05, 0.1) is 52.0 Å². The number of halogens is 2. The van der Waals surface area contributed by atoms with Crippen LogP contribution in [0.1, 0.15) is 53.1 Å². The van der Waals surface area contributed by atoms with Gasteiger partial charge in [0.25, 0.3) is 11.8 Å². The van der Waals surface area contributed by atoms with Crippen LogP contribution in [-0.4, -0.2) is 84.6 Å². The first-order valence-corrected chi connectivity index (χ1v) is 18.7. The molecule has 6 N–H and O–H groups in total. The lowest BCUT2D eigenvalue weighted by Crippen LogP contribution is -2.26. The van der Waals surface area contributed by atoms with Crippen LogP contribution in [0.25, 0.3) is 0 Å². The molecular weight excluding hydrogens is 836 g/mol. The normalized spacial score (nSPS) is 11.5. The Hall–Kier alpha value is -4.52. The number of phenols is 2. The zero-order valence-corrected chi connectivity index (χ0v) is 34.5. The molecule has 2 aromatic heterocycles. The molecule has 0 aliphatic carbocycles. The topological polar surface area (TPSA) is 181 Å². The van der Waals surface area contributed by atoms with E-state index in [1.807, 2.05) is 18.2 Å². The van der Waals surface area contributed by atoms with Gasteiger partial charge in [-0.2, -0.15) is 17.5 Å². The number of rotatable bonds is 10. The van der Waals surface area contributed by atoms with E-state index in [0.29, 0.717) is 43.6 Å². The second-order valence-electron chi connectivity index (χ2n) is 12.8. The lowest BCUT2D eigenvalue weighted by molar-refractivity contribution is 0.0816. The molecule has 0 radical (unpaired) electrons. The maximum absolute atomic E-state index is 12.5. The summed E-state index contributed by atoms with van der Waals surface area (Å²) in [7, 11) is 8.24. The molecule has 276 valence electrons. The minimum Gasteiger partial charge on any atom is -0.505 e. The predicted molar refractivity (Wildman–Crippen MR) is 216 cm³/mol. The summed E-state index contributed by atoms with van der Waals surface area (Å²) < 4.78 is 18.0. The quantitative estimate of drug-likeness (QED) is 0.0743. The number of aromatic hydroxyl groups is 2. The molecule has 14 nitrogen and oxygen atoms in total. The van der Waals surface area contributed by atoms with Crippen LogP contribution in [0.2, 0.25) is 0 Å². The molecule has 0 spiro atoms. The van der Waals surface area contributed by atoms with Gasteiger partial charge in [-0.1, -0.05) is 51.1 Å². The highest BCUT2D eigenvalue weighted by Gasteiger charge is 2.29. The van der Waals surface area contributed by atoms with Crippen LogP contribution in [0.5, 0.6) is 11.5 Å². The number of carbonyl (C=O) groups excluding carboxylic acids is 2. The average Bonchev–Trinajstić information content (AvgIpc) is 3.74. The van der Waals surface area contributed by atoms with E-state index in [9.17, 15) is 19.8 Å². The zero-order chi connectivity index (χ0) is 38.3. The van der Waals surface area contributed by atoms with Gasteiger partial charge < -0.3 is 41.3 Å². The number of phenolic OH excluding ortho intramolecular Hbond substituents is 2. The number of anilines is 6. The van der Waals surface area contributed by atoms with Crippen LogP contribution in [0, 0.1) is 5.41 Å². The predicted octanol–water partition coefficient (Wildman–Crippen LogP) is 8.14. The molecule has 0 fully saturated rings. The maximum atomic E-state index is 12.5. The largest absolute Gasteiger partial charge is 0.505 e. The molecule has 52 heavy (non-hydrogen) atoms. The first kappa shape index (κ1) is 40.3. The molecule has 2 amide bonds. The van der Waals surface area contributed by atoms with E-state index in [1.165, 1.54) is 9.80 Å². The molecule has 0 unspecified atom stereocenters. The van der Waals surface area contributed by atoms with Crippen molar-refractivity contribution in [2.24, 2.45) is 5.41 Å². The van der Waals surface area contributed by atoms with Crippen molar-refractivity contribution >= 4 is 102 Å². The Balaban J connectivity index is 0.000000251. The summed E-state index contributed by atoms with van der Waals surface area (Å²) in [5.74, 6) is 1.23. The second-order valence-corrected chi connectivity index (χ2v) is 15.6. The zero-order valence-electron chi connectivity index (χ0n) is 29.7. The summed E-state index contributed by atoms with van der Waals surface area (Å²) in [5.41, 5.74) is 2.18.